The summed E-state index contributed by atoms with van der Waals surface area (Å²) in [6.07, 6.45) is -3.87. The van der Waals surface area contributed by atoms with E-state index in [1.54, 1.807) is 30.3 Å². The summed E-state index contributed by atoms with van der Waals surface area (Å²) >= 11 is 0. The van der Waals surface area contributed by atoms with Gasteiger partial charge in [-0.3, -0.25) is 0 Å². The van der Waals surface area contributed by atoms with Crippen LogP contribution in [0, 0.1) is 0 Å². The van der Waals surface area contributed by atoms with Crippen LogP contribution in [-0.2, 0) is 20.9 Å². The van der Waals surface area contributed by atoms with Crippen LogP contribution in [0.5, 0.6) is 0 Å². The zero-order valence-electron chi connectivity index (χ0n) is 8.81. The van der Waals surface area contributed by atoms with Crippen LogP contribution in [0.3, 0.4) is 0 Å². The number of hydrogen-bond acceptors (Lipinski definition) is 4. The zero-order chi connectivity index (χ0) is 12.8. The molecule has 1 aromatic carbocycles. The molecule has 0 aliphatic rings. The lowest BCUT2D eigenvalue weighted by Gasteiger charge is -2.16. The minimum Gasteiger partial charge on any atom is -0.479 e. The maximum absolute atomic E-state index is 10.7. The van der Waals surface area contributed by atoms with Crippen molar-refractivity contribution in [3.05, 3.63) is 35.9 Å². The van der Waals surface area contributed by atoms with E-state index in [0.29, 0.717) is 5.56 Å². The van der Waals surface area contributed by atoms with Gasteiger partial charge < -0.3 is 20.1 Å². The quantitative estimate of drug-likeness (QED) is 0.651. The minimum atomic E-state index is -2.09. The molecule has 0 unspecified atom stereocenters. The molecule has 0 amide bonds. The average molecular weight is 240 g/mol. The van der Waals surface area contributed by atoms with Gasteiger partial charge in [-0.25, -0.2) is 9.59 Å². The molecule has 0 fully saturated rings. The molecule has 0 saturated heterocycles. The van der Waals surface area contributed by atoms with Crippen molar-refractivity contribution in [3.8, 4) is 0 Å². The predicted molar refractivity (Wildman–Crippen MR) is 56.3 cm³/mol. The summed E-state index contributed by atoms with van der Waals surface area (Å²) in [6, 6.07) is 8.66. The van der Waals surface area contributed by atoms with Crippen molar-refractivity contribution in [1.82, 2.24) is 0 Å². The van der Waals surface area contributed by atoms with E-state index < -0.39 is 24.1 Å². The SMILES string of the molecule is O=C(O)[C@@H](O)[C@H](OCc1ccccc1)C(=O)O. The van der Waals surface area contributed by atoms with Crippen LogP contribution in [0.15, 0.2) is 30.3 Å². The Labute approximate surface area is 97.1 Å². The van der Waals surface area contributed by atoms with E-state index in [-0.39, 0.29) is 6.61 Å². The third-order valence-electron chi connectivity index (χ3n) is 2.06. The van der Waals surface area contributed by atoms with Crippen molar-refractivity contribution in [2.45, 2.75) is 18.8 Å². The summed E-state index contributed by atoms with van der Waals surface area (Å²) in [6.45, 7) is -0.0812. The van der Waals surface area contributed by atoms with E-state index >= 15 is 0 Å². The average Bonchev–Trinajstić information content (AvgIpc) is 2.29. The van der Waals surface area contributed by atoms with Crippen LogP contribution >= 0.6 is 0 Å². The van der Waals surface area contributed by atoms with Crippen molar-refractivity contribution in [3.63, 3.8) is 0 Å². The molecule has 17 heavy (non-hydrogen) atoms. The first-order valence-corrected chi connectivity index (χ1v) is 4.81. The van der Waals surface area contributed by atoms with E-state index in [2.05, 4.69) is 0 Å². The normalized spacial score (nSPS) is 13.9. The highest BCUT2D eigenvalue weighted by Gasteiger charge is 2.32. The maximum Gasteiger partial charge on any atom is 0.336 e. The molecule has 92 valence electrons. The van der Waals surface area contributed by atoms with Gasteiger partial charge in [-0.1, -0.05) is 30.3 Å². The van der Waals surface area contributed by atoms with Crippen molar-refractivity contribution < 1.29 is 29.6 Å². The molecule has 1 aromatic rings. The number of hydrogen-bond donors (Lipinski definition) is 3. The van der Waals surface area contributed by atoms with Gasteiger partial charge in [0, 0.05) is 0 Å². The maximum atomic E-state index is 10.7. The fourth-order valence-electron chi connectivity index (χ4n) is 1.19. The highest BCUT2D eigenvalue weighted by atomic mass is 16.5. The molecule has 0 radical (unpaired) electrons. The summed E-state index contributed by atoms with van der Waals surface area (Å²) in [4.78, 5) is 21.2. The Bertz CT molecular complexity index is 388. The van der Waals surface area contributed by atoms with Gasteiger partial charge in [0.2, 0.25) is 0 Å². The molecule has 0 aliphatic carbocycles. The molecular formula is C11H12O6. The second kappa shape index (κ2) is 5.97. The van der Waals surface area contributed by atoms with Crippen molar-refractivity contribution in [1.29, 1.82) is 0 Å². The first-order chi connectivity index (χ1) is 8.02. The number of rotatable bonds is 6. The van der Waals surface area contributed by atoms with Crippen LogP contribution < -0.4 is 0 Å². The smallest absolute Gasteiger partial charge is 0.336 e. The van der Waals surface area contributed by atoms with E-state index in [1.165, 1.54) is 0 Å². The van der Waals surface area contributed by atoms with Gasteiger partial charge in [0.05, 0.1) is 6.61 Å². The number of aliphatic hydroxyl groups excluding tert-OH is 1. The lowest BCUT2D eigenvalue weighted by atomic mass is 10.2. The monoisotopic (exact) mass is 240 g/mol. The summed E-state index contributed by atoms with van der Waals surface area (Å²) in [5.74, 6) is -3.15. The molecule has 6 nitrogen and oxygen atoms in total. The Balaban J connectivity index is 2.63. The van der Waals surface area contributed by atoms with Crippen molar-refractivity contribution in [2.75, 3.05) is 0 Å². The summed E-state index contributed by atoms with van der Waals surface area (Å²) in [7, 11) is 0. The minimum absolute atomic E-state index is 0.0812. The van der Waals surface area contributed by atoms with Gasteiger partial charge in [-0.15, -0.1) is 0 Å². The largest absolute Gasteiger partial charge is 0.479 e. The Morgan fingerprint density at radius 3 is 2.18 bits per heavy atom. The zero-order valence-corrected chi connectivity index (χ0v) is 8.81. The molecule has 0 spiro atoms. The van der Waals surface area contributed by atoms with E-state index in [0.717, 1.165) is 0 Å². The number of carbonyl (C=O) groups is 2. The standard InChI is InChI=1S/C11H12O6/c12-8(10(13)14)9(11(15)16)17-6-7-4-2-1-3-5-7/h1-5,8-9,12H,6H2,(H,13,14)(H,15,16)/t8-,9-/m0/s1. The first-order valence-electron chi connectivity index (χ1n) is 4.81. The molecule has 1 rings (SSSR count). The molecular weight excluding hydrogens is 228 g/mol. The number of benzene rings is 1. The molecule has 0 aromatic heterocycles. The Morgan fingerprint density at radius 1 is 1.12 bits per heavy atom. The third-order valence-corrected chi connectivity index (χ3v) is 2.06. The molecule has 3 N–H and O–H groups in total. The number of carboxylic acid groups (broad SMARTS) is 2. The summed E-state index contributed by atoms with van der Waals surface area (Å²) in [5, 5.41) is 26.4. The van der Waals surface area contributed by atoms with E-state index in [1.807, 2.05) is 0 Å². The number of carboxylic acids is 2. The van der Waals surface area contributed by atoms with Crippen molar-refractivity contribution >= 4 is 11.9 Å². The number of aliphatic hydroxyl groups is 1. The molecule has 2 atom stereocenters. The van der Waals surface area contributed by atoms with Gasteiger partial charge >= 0.3 is 11.9 Å². The lowest BCUT2D eigenvalue weighted by molar-refractivity contribution is -0.172. The van der Waals surface area contributed by atoms with Gasteiger partial charge in [0.1, 0.15) is 0 Å². The Morgan fingerprint density at radius 2 is 1.71 bits per heavy atom. The third kappa shape index (κ3) is 3.86. The molecule has 0 aliphatic heterocycles. The molecule has 6 heteroatoms. The topological polar surface area (TPSA) is 104 Å². The Kier molecular flexibility index (Phi) is 4.62. The summed E-state index contributed by atoms with van der Waals surface area (Å²) < 4.78 is 4.88. The van der Waals surface area contributed by atoms with Crippen LogP contribution in [-0.4, -0.2) is 39.5 Å². The molecule has 0 bridgehead atoms. The molecule has 0 heterocycles. The molecule has 0 saturated carbocycles. The van der Waals surface area contributed by atoms with Crippen LogP contribution in [0.4, 0.5) is 0 Å². The van der Waals surface area contributed by atoms with E-state index in [9.17, 15) is 9.59 Å². The first kappa shape index (κ1) is 13.1. The fraction of sp³-hybridized carbons (Fsp3) is 0.273. The highest BCUT2D eigenvalue weighted by Crippen LogP contribution is 2.07. The van der Waals surface area contributed by atoms with Gasteiger partial charge in [-0.2, -0.15) is 0 Å². The fourth-order valence-corrected chi connectivity index (χ4v) is 1.19. The number of ether oxygens (including phenoxy) is 1. The second-order valence-electron chi connectivity index (χ2n) is 3.34. The second-order valence-corrected chi connectivity index (χ2v) is 3.34. The highest BCUT2D eigenvalue weighted by molar-refractivity contribution is 5.83. The van der Waals surface area contributed by atoms with Crippen LogP contribution in [0.2, 0.25) is 0 Å². The summed E-state index contributed by atoms with van der Waals surface area (Å²) in [5.41, 5.74) is 0.691. The Hall–Kier alpha value is -1.92. The van der Waals surface area contributed by atoms with E-state index in [4.69, 9.17) is 20.1 Å². The number of aliphatic carboxylic acids is 2. The predicted octanol–water partition coefficient (Wildman–Crippen LogP) is 0.102. The van der Waals surface area contributed by atoms with Gasteiger partial charge in [0.25, 0.3) is 0 Å². The lowest BCUT2D eigenvalue weighted by Crippen LogP contribution is -2.41. The van der Waals surface area contributed by atoms with Gasteiger partial charge in [0.15, 0.2) is 12.2 Å². The van der Waals surface area contributed by atoms with Crippen LogP contribution in [0.1, 0.15) is 5.56 Å². The van der Waals surface area contributed by atoms with Crippen molar-refractivity contribution in [2.24, 2.45) is 0 Å². The van der Waals surface area contributed by atoms with Gasteiger partial charge in [-0.05, 0) is 5.56 Å². The van der Waals surface area contributed by atoms with Crippen LogP contribution in [0.25, 0.3) is 0 Å².